The number of hydrogen-bond donors (Lipinski definition) is 2. The molecule has 2 aliphatic rings. The molecule has 2 N–H and O–H groups in total. The predicted octanol–water partition coefficient (Wildman–Crippen LogP) is 10.3. The molecule has 4 nitrogen and oxygen atoms in total. The Hall–Kier alpha value is -2.88. The molecule has 3 aromatic heterocycles. The Morgan fingerprint density at radius 3 is 1.10 bits per heavy atom. The van der Waals surface area contributed by atoms with Gasteiger partial charge in [0.2, 0.25) is 0 Å². The molecule has 0 aliphatic carbocycles. The second kappa shape index (κ2) is 11.7. The maximum atomic E-state index is 5.46. The second-order valence-electron chi connectivity index (χ2n) is 12.8. The third-order valence-electron chi connectivity index (χ3n) is 11.7. The Morgan fingerprint density at radius 1 is 0.500 bits per heavy atom. The lowest BCUT2D eigenvalue weighted by Crippen LogP contribution is -2.27. The van der Waals surface area contributed by atoms with Gasteiger partial charge in [-0.2, -0.15) is 0 Å². The van der Waals surface area contributed by atoms with E-state index in [0.29, 0.717) is 11.8 Å². The molecule has 2 aliphatic heterocycles. The van der Waals surface area contributed by atoms with E-state index in [-0.39, 0.29) is 10.8 Å². The Labute approximate surface area is 254 Å². The Kier molecular flexibility index (Phi) is 8.49. The van der Waals surface area contributed by atoms with Crippen LogP contribution < -0.4 is 0 Å². The quantitative estimate of drug-likeness (QED) is 0.285. The predicted molar refractivity (Wildman–Crippen MR) is 180 cm³/mol. The number of fused-ring (bicyclic) bond motifs is 8. The van der Waals surface area contributed by atoms with E-state index in [1.165, 1.54) is 67.1 Å². The van der Waals surface area contributed by atoms with Crippen molar-refractivity contribution in [2.45, 2.75) is 143 Å². The van der Waals surface area contributed by atoms with E-state index in [9.17, 15) is 0 Å². The number of H-pyrrole nitrogens is 2. The Bertz CT molecular complexity index is 1490. The van der Waals surface area contributed by atoms with Crippen LogP contribution in [0.5, 0.6) is 0 Å². The summed E-state index contributed by atoms with van der Waals surface area (Å²) in [5.41, 5.74) is 15.6. The van der Waals surface area contributed by atoms with Crippen molar-refractivity contribution in [3.8, 4) is 0 Å². The van der Waals surface area contributed by atoms with E-state index >= 15 is 0 Å². The summed E-state index contributed by atoms with van der Waals surface area (Å²) >= 11 is 0. The number of aryl methyl sites for hydroxylation is 4. The van der Waals surface area contributed by atoms with Gasteiger partial charge in [0.05, 0.1) is 0 Å². The molecule has 0 fully saturated rings. The number of rotatable bonds is 8. The third kappa shape index (κ3) is 4.38. The molecule has 42 heavy (non-hydrogen) atoms. The van der Waals surface area contributed by atoms with E-state index < -0.39 is 0 Å². The summed E-state index contributed by atoms with van der Waals surface area (Å²) in [5, 5.41) is 0. The van der Waals surface area contributed by atoms with Crippen LogP contribution in [0.4, 0.5) is 0 Å². The van der Waals surface area contributed by atoms with Crippen molar-refractivity contribution in [2.75, 3.05) is 0 Å². The minimum Gasteiger partial charge on any atom is -0.355 e. The van der Waals surface area contributed by atoms with Gasteiger partial charge in [0.25, 0.3) is 0 Å². The summed E-state index contributed by atoms with van der Waals surface area (Å²) in [4.78, 5) is 18.7. The topological polar surface area (TPSA) is 57.4 Å². The van der Waals surface area contributed by atoms with Crippen molar-refractivity contribution in [1.29, 1.82) is 0 Å². The molecule has 0 spiro atoms. The first kappa shape index (κ1) is 30.6. The minimum atomic E-state index is 0.0270. The third-order valence-corrected chi connectivity index (χ3v) is 11.7. The van der Waals surface area contributed by atoms with Gasteiger partial charge in [-0.1, -0.05) is 69.2 Å². The van der Waals surface area contributed by atoms with Crippen molar-refractivity contribution in [3.05, 3.63) is 69.3 Å². The van der Waals surface area contributed by atoms with Crippen molar-refractivity contribution in [1.82, 2.24) is 19.9 Å². The largest absolute Gasteiger partial charge is 0.355 e. The molecule has 0 aromatic carbocycles. The van der Waals surface area contributed by atoms with Crippen molar-refractivity contribution < 1.29 is 0 Å². The van der Waals surface area contributed by atoms with Gasteiger partial charge in [0, 0.05) is 67.5 Å². The lowest BCUT2D eigenvalue weighted by Gasteiger charge is -2.32. The highest BCUT2D eigenvalue weighted by Gasteiger charge is 2.44. The average molecular weight is 567 g/mol. The summed E-state index contributed by atoms with van der Waals surface area (Å²) < 4.78 is 0. The minimum absolute atomic E-state index is 0.0270. The Balaban J connectivity index is 2.03. The maximum Gasteiger partial charge on any atom is 0.0495 e. The van der Waals surface area contributed by atoms with Crippen LogP contribution in [0.1, 0.15) is 152 Å². The molecule has 2 unspecified atom stereocenters. The van der Waals surface area contributed by atoms with Gasteiger partial charge in [-0.15, -0.1) is 0 Å². The van der Waals surface area contributed by atoms with E-state index in [1.807, 2.05) is 0 Å². The van der Waals surface area contributed by atoms with Gasteiger partial charge in [0.1, 0.15) is 0 Å². The summed E-state index contributed by atoms with van der Waals surface area (Å²) in [7, 11) is 0. The monoisotopic (exact) mass is 566 g/mol. The zero-order valence-corrected chi connectivity index (χ0v) is 28.0. The van der Waals surface area contributed by atoms with Gasteiger partial charge < -0.3 is 9.97 Å². The molecule has 3 aromatic rings. The highest BCUT2D eigenvalue weighted by Crippen LogP contribution is 2.50. The van der Waals surface area contributed by atoms with Crippen molar-refractivity contribution in [2.24, 2.45) is 0 Å². The van der Waals surface area contributed by atoms with Gasteiger partial charge in [-0.25, -0.2) is 0 Å². The fraction of sp³-hybridized carbons (Fsp3) is 0.579. The highest BCUT2D eigenvalue weighted by molar-refractivity contribution is 5.79. The van der Waals surface area contributed by atoms with Crippen LogP contribution in [0.3, 0.4) is 0 Å². The molecule has 5 rings (SSSR count). The van der Waals surface area contributed by atoms with Gasteiger partial charge in [-0.3, -0.25) is 9.97 Å². The van der Waals surface area contributed by atoms with Crippen LogP contribution in [0, 0.1) is 0 Å². The van der Waals surface area contributed by atoms with Crippen LogP contribution >= 0.6 is 0 Å². The summed E-state index contributed by atoms with van der Waals surface area (Å²) in [5.74, 6) is 0.687. The van der Waals surface area contributed by atoms with Gasteiger partial charge in [-0.05, 0) is 97.9 Å². The van der Waals surface area contributed by atoms with Crippen LogP contribution in [0.25, 0.3) is 22.1 Å². The van der Waals surface area contributed by atoms with E-state index in [4.69, 9.17) is 9.97 Å². The zero-order valence-electron chi connectivity index (χ0n) is 28.0. The molecule has 8 bridgehead atoms. The number of nitrogens with zero attached hydrogens (tertiary/aromatic N) is 2. The number of aromatic amines is 2. The molecule has 5 heterocycles. The zero-order chi connectivity index (χ0) is 30.4. The SMILES string of the molecule is CCc1c(CC)c2cc3[nH]c(cc4nc(cc5nc(cc1[nH]2)C(CC)(CC)C5C)C(C)C4(CC)CC)c(CC)c3CC. The second-order valence-corrected chi connectivity index (χ2v) is 12.8. The molecular formula is C38H54N4. The van der Waals surface area contributed by atoms with Crippen LogP contribution in [-0.2, 0) is 36.5 Å². The number of aromatic nitrogens is 4. The van der Waals surface area contributed by atoms with E-state index in [1.54, 1.807) is 0 Å². The molecule has 2 atom stereocenters. The molecule has 0 saturated carbocycles. The first-order chi connectivity index (χ1) is 20.2. The van der Waals surface area contributed by atoms with E-state index in [2.05, 4.69) is 103 Å². The summed E-state index contributed by atoms with van der Waals surface area (Å²) in [6.07, 6.45) is 8.31. The lowest BCUT2D eigenvalue weighted by atomic mass is 9.69. The molecule has 0 amide bonds. The molecule has 226 valence electrons. The Morgan fingerprint density at radius 2 is 0.810 bits per heavy atom. The standard InChI is InChI=1S/C38H54N4/c1-11-25-27(13-3)33-21-35-37(15-5,16-6)23(9)29(41-35)19-30-24(10)38(17-7,18-8)36(42-30)22-34-28(14-4)26(12-2)32(40-34)20-31(25)39-33/h19-24,39-40H,11-18H2,1-10H3. The molecule has 0 radical (unpaired) electrons. The summed E-state index contributed by atoms with van der Waals surface area (Å²) in [6, 6.07) is 9.56. The van der Waals surface area contributed by atoms with Crippen LogP contribution in [0.2, 0.25) is 0 Å². The summed E-state index contributed by atoms with van der Waals surface area (Å²) in [6.45, 7) is 23.3. The number of nitrogens with one attached hydrogen (secondary N) is 2. The normalized spacial score (nSPS) is 19.4. The first-order valence-corrected chi connectivity index (χ1v) is 17.0. The maximum absolute atomic E-state index is 5.46. The van der Waals surface area contributed by atoms with E-state index in [0.717, 1.165) is 51.4 Å². The fourth-order valence-electron chi connectivity index (χ4n) is 8.74. The van der Waals surface area contributed by atoms with Gasteiger partial charge in [0.15, 0.2) is 0 Å². The highest BCUT2D eigenvalue weighted by atomic mass is 14.9. The van der Waals surface area contributed by atoms with Crippen LogP contribution in [0.15, 0.2) is 24.3 Å². The average Bonchev–Trinajstić information content (AvgIpc) is 3.67. The smallest absolute Gasteiger partial charge is 0.0495 e. The molecule has 0 saturated heterocycles. The first-order valence-electron chi connectivity index (χ1n) is 17.0. The lowest BCUT2D eigenvalue weighted by molar-refractivity contribution is 0.344. The van der Waals surface area contributed by atoms with Crippen LogP contribution in [-0.4, -0.2) is 19.9 Å². The van der Waals surface area contributed by atoms with Crippen molar-refractivity contribution >= 4 is 22.1 Å². The molecule has 4 heteroatoms. The fourth-order valence-corrected chi connectivity index (χ4v) is 8.74. The molecular weight excluding hydrogens is 512 g/mol. The number of hydrogen-bond acceptors (Lipinski definition) is 2. The van der Waals surface area contributed by atoms with Gasteiger partial charge >= 0.3 is 0 Å². The van der Waals surface area contributed by atoms with Crippen molar-refractivity contribution in [3.63, 3.8) is 0 Å².